The third-order valence-corrected chi connectivity index (χ3v) is 3.65. The molecule has 0 amide bonds. The van der Waals surface area contributed by atoms with E-state index in [2.05, 4.69) is 44.3 Å². The van der Waals surface area contributed by atoms with Gasteiger partial charge in [-0.25, -0.2) is 0 Å². The van der Waals surface area contributed by atoms with Gasteiger partial charge in [0.2, 0.25) is 0 Å². The van der Waals surface area contributed by atoms with Crippen LogP contribution < -0.4 is 5.32 Å². The summed E-state index contributed by atoms with van der Waals surface area (Å²) in [6.07, 6.45) is 0. The molecule has 1 N–H and O–H groups in total. The number of hydrogen-bond acceptors (Lipinski definition) is 2. The number of hydrogen-bond donors (Lipinski definition) is 1. The molecule has 1 atom stereocenters. The van der Waals surface area contributed by atoms with Crippen LogP contribution in [0.15, 0.2) is 48.5 Å². The van der Waals surface area contributed by atoms with Crippen molar-refractivity contribution < 1.29 is 0 Å². The Labute approximate surface area is 131 Å². The molecule has 0 aliphatic carbocycles. The standard InChI is InChI=1S/C18H19ClN2/c1-18(2,3)14-6-4-13(5-7-14)17(12-20)21-16-10-8-15(19)9-11-16/h4-11,17,21H,1-3H3. The van der Waals surface area contributed by atoms with Crippen LogP contribution in [0.25, 0.3) is 0 Å². The van der Waals surface area contributed by atoms with Crippen molar-refractivity contribution in [3.63, 3.8) is 0 Å². The molecular weight excluding hydrogens is 280 g/mol. The van der Waals surface area contributed by atoms with Gasteiger partial charge in [-0.2, -0.15) is 5.26 Å². The Bertz CT molecular complexity index is 631. The van der Waals surface area contributed by atoms with Crippen molar-refractivity contribution in [1.82, 2.24) is 0 Å². The number of nitrogens with zero attached hydrogens (tertiary/aromatic N) is 1. The second-order valence-corrected chi connectivity index (χ2v) is 6.52. The Morgan fingerprint density at radius 3 is 2.05 bits per heavy atom. The molecule has 0 fully saturated rings. The van der Waals surface area contributed by atoms with Crippen LogP contribution in [-0.4, -0.2) is 0 Å². The highest BCUT2D eigenvalue weighted by Crippen LogP contribution is 2.25. The number of rotatable bonds is 3. The highest BCUT2D eigenvalue weighted by atomic mass is 35.5. The molecule has 2 nitrogen and oxygen atoms in total. The van der Waals surface area contributed by atoms with Gasteiger partial charge in [-0.3, -0.25) is 0 Å². The van der Waals surface area contributed by atoms with E-state index < -0.39 is 0 Å². The maximum absolute atomic E-state index is 9.39. The largest absolute Gasteiger partial charge is 0.366 e. The molecule has 108 valence electrons. The van der Waals surface area contributed by atoms with E-state index in [9.17, 15) is 5.26 Å². The molecule has 0 heterocycles. The van der Waals surface area contributed by atoms with E-state index in [1.165, 1.54) is 5.56 Å². The molecule has 0 bridgehead atoms. The summed E-state index contributed by atoms with van der Waals surface area (Å²) < 4.78 is 0. The lowest BCUT2D eigenvalue weighted by Gasteiger charge is -2.20. The minimum atomic E-state index is -0.375. The maximum Gasteiger partial charge on any atom is 0.140 e. The van der Waals surface area contributed by atoms with Crippen molar-refractivity contribution in [1.29, 1.82) is 5.26 Å². The summed E-state index contributed by atoms with van der Waals surface area (Å²) >= 11 is 5.87. The first-order chi connectivity index (χ1) is 9.90. The van der Waals surface area contributed by atoms with E-state index in [0.29, 0.717) is 5.02 Å². The SMILES string of the molecule is CC(C)(C)c1ccc(C(C#N)Nc2ccc(Cl)cc2)cc1. The first kappa shape index (κ1) is 15.4. The van der Waals surface area contributed by atoms with Gasteiger partial charge in [0.15, 0.2) is 0 Å². The summed E-state index contributed by atoms with van der Waals surface area (Å²) in [5.41, 5.74) is 3.21. The van der Waals surface area contributed by atoms with Crippen molar-refractivity contribution in [3.8, 4) is 6.07 Å². The van der Waals surface area contributed by atoms with Crippen LogP contribution in [-0.2, 0) is 5.41 Å². The molecule has 0 radical (unpaired) electrons. The Balaban J connectivity index is 2.18. The summed E-state index contributed by atoms with van der Waals surface area (Å²) in [4.78, 5) is 0. The number of nitriles is 1. The van der Waals surface area contributed by atoms with Crippen LogP contribution >= 0.6 is 11.6 Å². The third-order valence-electron chi connectivity index (χ3n) is 3.39. The van der Waals surface area contributed by atoms with Crippen molar-refractivity contribution in [2.45, 2.75) is 32.2 Å². The van der Waals surface area contributed by atoms with Gasteiger partial charge in [0.1, 0.15) is 6.04 Å². The Hall–Kier alpha value is -1.98. The van der Waals surface area contributed by atoms with E-state index in [1.54, 1.807) is 12.1 Å². The lowest BCUT2D eigenvalue weighted by atomic mass is 9.86. The molecule has 0 aliphatic heterocycles. The average Bonchev–Trinajstić information content (AvgIpc) is 2.46. The molecule has 0 aromatic heterocycles. The molecule has 2 aromatic carbocycles. The molecule has 0 spiro atoms. The third kappa shape index (κ3) is 4.00. The Morgan fingerprint density at radius 2 is 1.57 bits per heavy atom. The number of halogens is 1. The lowest BCUT2D eigenvalue weighted by molar-refractivity contribution is 0.590. The van der Waals surface area contributed by atoms with Crippen LogP contribution in [0.4, 0.5) is 5.69 Å². The zero-order valence-electron chi connectivity index (χ0n) is 12.5. The van der Waals surface area contributed by atoms with E-state index in [4.69, 9.17) is 11.6 Å². The van der Waals surface area contributed by atoms with Crippen LogP contribution in [0.3, 0.4) is 0 Å². The van der Waals surface area contributed by atoms with Crippen molar-refractivity contribution in [2.75, 3.05) is 5.32 Å². The topological polar surface area (TPSA) is 35.8 Å². The normalized spacial score (nSPS) is 12.5. The summed E-state index contributed by atoms with van der Waals surface area (Å²) in [6.45, 7) is 6.53. The minimum Gasteiger partial charge on any atom is -0.366 e. The van der Waals surface area contributed by atoms with Gasteiger partial charge in [0.05, 0.1) is 6.07 Å². The van der Waals surface area contributed by atoms with Crippen LogP contribution in [0.1, 0.15) is 37.9 Å². The summed E-state index contributed by atoms with van der Waals surface area (Å²) in [5.74, 6) is 0. The smallest absolute Gasteiger partial charge is 0.140 e. The first-order valence-electron chi connectivity index (χ1n) is 6.92. The molecule has 21 heavy (non-hydrogen) atoms. The molecule has 3 heteroatoms. The maximum atomic E-state index is 9.39. The number of anilines is 1. The molecule has 0 aliphatic rings. The second kappa shape index (κ2) is 6.20. The molecule has 2 aromatic rings. The lowest BCUT2D eigenvalue weighted by Crippen LogP contribution is -2.12. The predicted molar refractivity (Wildman–Crippen MR) is 88.6 cm³/mol. The Kier molecular flexibility index (Phi) is 4.55. The highest BCUT2D eigenvalue weighted by Gasteiger charge is 2.15. The van der Waals surface area contributed by atoms with Gasteiger partial charge in [0, 0.05) is 10.7 Å². The minimum absolute atomic E-state index is 0.115. The first-order valence-corrected chi connectivity index (χ1v) is 7.30. The zero-order chi connectivity index (χ0) is 15.5. The predicted octanol–water partition coefficient (Wildman–Crippen LogP) is 5.31. The number of benzene rings is 2. The Morgan fingerprint density at radius 1 is 1.00 bits per heavy atom. The monoisotopic (exact) mass is 298 g/mol. The van der Waals surface area contributed by atoms with E-state index in [1.807, 2.05) is 24.3 Å². The average molecular weight is 299 g/mol. The van der Waals surface area contributed by atoms with E-state index >= 15 is 0 Å². The quantitative estimate of drug-likeness (QED) is 0.833. The fourth-order valence-corrected chi connectivity index (χ4v) is 2.20. The molecule has 0 saturated heterocycles. The summed E-state index contributed by atoms with van der Waals surface area (Å²) in [5, 5.41) is 13.3. The van der Waals surface area contributed by atoms with Crippen molar-refractivity contribution in [3.05, 3.63) is 64.7 Å². The van der Waals surface area contributed by atoms with Crippen LogP contribution in [0.5, 0.6) is 0 Å². The van der Waals surface area contributed by atoms with Gasteiger partial charge in [-0.15, -0.1) is 0 Å². The molecule has 0 saturated carbocycles. The van der Waals surface area contributed by atoms with Crippen LogP contribution in [0.2, 0.25) is 5.02 Å². The zero-order valence-corrected chi connectivity index (χ0v) is 13.3. The van der Waals surface area contributed by atoms with Crippen molar-refractivity contribution >= 4 is 17.3 Å². The van der Waals surface area contributed by atoms with Gasteiger partial charge in [-0.05, 0) is 40.8 Å². The fourth-order valence-electron chi connectivity index (χ4n) is 2.08. The van der Waals surface area contributed by atoms with Gasteiger partial charge in [0.25, 0.3) is 0 Å². The van der Waals surface area contributed by atoms with Gasteiger partial charge in [-0.1, -0.05) is 56.6 Å². The number of nitrogens with one attached hydrogen (secondary N) is 1. The van der Waals surface area contributed by atoms with E-state index in [-0.39, 0.29) is 11.5 Å². The molecular formula is C18H19ClN2. The van der Waals surface area contributed by atoms with Gasteiger partial charge >= 0.3 is 0 Å². The summed E-state index contributed by atoms with van der Waals surface area (Å²) in [6, 6.07) is 17.5. The van der Waals surface area contributed by atoms with Gasteiger partial charge < -0.3 is 5.32 Å². The van der Waals surface area contributed by atoms with Crippen LogP contribution in [0, 0.1) is 11.3 Å². The summed E-state index contributed by atoms with van der Waals surface area (Å²) in [7, 11) is 0. The fraction of sp³-hybridized carbons (Fsp3) is 0.278. The van der Waals surface area contributed by atoms with Crippen molar-refractivity contribution in [2.24, 2.45) is 0 Å². The molecule has 1 unspecified atom stereocenters. The second-order valence-electron chi connectivity index (χ2n) is 6.09. The highest BCUT2D eigenvalue weighted by molar-refractivity contribution is 6.30. The molecule has 2 rings (SSSR count). The van der Waals surface area contributed by atoms with E-state index in [0.717, 1.165) is 11.3 Å².